The van der Waals surface area contributed by atoms with Gasteiger partial charge in [0.2, 0.25) is 5.91 Å². The maximum absolute atomic E-state index is 11.9. The van der Waals surface area contributed by atoms with Gasteiger partial charge in [0.25, 0.3) is 0 Å². The monoisotopic (exact) mass is 291 g/mol. The van der Waals surface area contributed by atoms with E-state index < -0.39 is 17.9 Å². The molecule has 21 heavy (non-hydrogen) atoms. The van der Waals surface area contributed by atoms with E-state index in [0.29, 0.717) is 12.5 Å². The van der Waals surface area contributed by atoms with Crippen molar-refractivity contribution >= 4 is 11.9 Å². The minimum atomic E-state index is -0.942. The number of carboxylic acids is 1. The summed E-state index contributed by atoms with van der Waals surface area (Å²) in [5.41, 5.74) is 0.781. The quantitative estimate of drug-likeness (QED) is 0.768. The number of aliphatic carboxylic acids is 1. The Balaban J connectivity index is 1.94. The summed E-state index contributed by atoms with van der Waals surface area (Å²) in [7, 11) is 0. The molecule has 1 aromatic rings. The molecule has 2 unspecified atom stereocenters. The predicted molar refractivity (Wildman–Crippen MR) is 77.7 cm³/mol. The molecule has 1 aromatic carbocycles. The number of nitrogens with one attached hydrogen (secondary N) is 1. The van der Waals surface area contributed by atoms with Crippen LogP contribution in [0.2, 0.25) is 0 Å². The van der Waals surface area contributed by atoms with Gasteiger partial charge in [0.05, 0.1) is 18.6 Å². The minimum absolute atomic E-state index is 0.0217. The number of rotatable bonds is 8. The zero-order valence-corrected chi connectivity index (χ0v) is 12.1. The van der Waals surface area contributed by atoms with Crippen LogP contribution in [0.3, 0.4) is 0 Å². The molecular formula is C16H21NO4. The fourth-order valence-electron chi connectivity index (χ4n) is 2.12. The van der Waals surface area contributed by atoms with Gasteiger partial charge in [0, 0.05) is 0 Å². The van der Waals surface area contributed by atoms with Crippen molar-refractivity contribution in [3.8, 4) is 0 Å². The summed E-state index contributed by atoms with van der Waals surface area (Å²) in [4.78, 5) is 23.2. The number of ether oxygens (including phenoxy) is 1. The molecule has 0 aliphatic heterocycles. The lowest BCUT2D eigenvalue weighted by atomic mass is 9.94. The molecule has 5 heteroatoms. The first-order valence-electron chi connectivity index (χ1n) is 7.22. The second-order valence-corrected chi connectivity index (χ2v) is 5.54. The first-order valence-corrected chi connectivity index (χ1v) is 7.22. The molecule has 2 N–H and O–H groups in total. The molecule has 0 bridgehead atoms. The average Bonchev–Trinajstić information content (AvgIpc) is 3.29. The predicted octanol–water partition coefficient (Wildman–Crippen LogP) is 1.99. The number of carbonyl (C=O) groups excluding carboxylic acids is 1. The van der Waals surface area contributed by atoms with E-state index in [1.54, 1.807) is 6.92 Å². The van der Waals surface area contributed by atoms with Crippen molar-refractivity contribution in [3.63, 3.8) is 0 Å². The zero-order chi connectivity index (χ0) is 15.2. The molecule has 2 rings (SSSR count). The maximum Gasteiger partial charge on any atom is 0.308 e. The third kappa shape index (κ3) is 4.86. The average molecular weight is 291 g/mol. The van der Waals surface area contributed by atoms with Gasteiger partial charge in [-0.2, -0.15) is 0 Å². The molecule has 0 aromatic heterocycles. The summed E-state index contributed by atoms with van der Waals surface area (Å²) in [6.07, 6.45) is 2.34. The van der Waals surface area contributed by atoms with Gasteiger partial charge in [-0.05, 0) is 31.2 Å². The molecule has 114 valence electrons. The largest absolute Gasteiger partial charge is 0.481 e. The van der Waals surface area contributed by atoms with Gasteiger partial charge in [-0.3, -0.25) is 9.59 Å². The number of hydrogen-bond acceptors (Lipinski definition) is 3. The molecule has 0 heterocycles. The lowest BCUT2D eigenvalue weighted by molar-refractivity contribution is -0.142. The van der Waals surface area contributed by atoms with Gasteiger partial charge in [0.1, 0.15) is 6.61 Å². The molecule has 1 saturated carbocycles. The van der Waals surface area contributed by atoms with E-state index in [1.165, 1.54) is 12.8 Å². The van der Waals surface area contributed by atoms with E-state index in [1.807, 2.05) is 30.3 Å². The normalized spacial score (nSPS) is 17.0. The van der Waals surface area contributed by atoms with Crippen molar-refractivity contribution in [1.29, 1.82) is 0 Å². The number of carboxylic acid groups (broad SMARTS) is 1. The first kappa shape index (κ1) is 15.5. The van der Waals surface area contributed by atoms with Crippen molar-refractivity contribution in [2.24, 2.45) is 11.8 Å². The highest BCUT2D eigenvalue weighted by atomic mass is 16.5. The molecular weight excluding hydrogens is 270 g/mol. The summed E-state index contributed by atoms with van der Waals surface area (Å²) in [6.45, 7) is 2.18. The van der Waals surface area contributed by atoms with Crippen molar-refractivity contribution < 1.29 is 19.4 Å². The Hall–Kier alpha value is -1.88. The smallest absolute Gasteiger partial charge is 0.308 e. The van der Waals surface area contributed by atoms with Crippen LogP contribution in [0.4, 0.5) is 0 Å². The lowest BCUT2D eigenvalue weighted by Gasteiger charge is -2.23. The number of amides is 1. The van der Waals surface area contributed by atoms with Gasteiger partial charge in [0.15, 0.2) is 0 Å². The number of hydrogen-bond donors (Lipinski definition) is 2. The Morgan fingerprint density at radius 1 is 1.33 bits per heavy atom. The lowest BCUT2D eigenvalue weighted by Crippen LogP contribution is -2.37. The Labute approximate surface area is 124 Å². The molecule has 5 nitrogen and oxygen atoms in total. The second kappa shape index (κ2) is 7.22. The highest BCUT2D eigenvalue weighted by molar-refractivity contribution is 5.79. The van der Waals surface area contributed by atoms with E-state index in [4.69, 9.17) is 4.74 Å². The Morgan fingerprint density at radius 2 is 2.00 bits per heavy atom. The maximum atomic E-state index is 11.9. The van der Waals surface area contributed by atoms with Crippen LogP contribution in [0.25, 0.3) is 0 Å². The van der Waals surface area contributed by atoms with Gasteiger partial charge in [-0.1, -0.05) is 30.3 Å². The molecule has 0 saturated heterocycles. The van der Waals surface area contributed by atoms with E-state index >= 15 is 0 Å². The standard InChI is InChI=1S/C16H21NO4/c1-11(16(19)20)15(13-5-3-2-4-6-13)17-14(18)10-21-9-12-7-8-12/h2-6,11-12,15H,7-10H2,1H3,(H,17,18)(H,19,20). The molecule has 1 aliphatic carbocycles. The van der Waals surface area contributed by atoms with Crippen LogP contribution in [0, 0.1) is 11.8 Å². The van der Waals surface area contributed by atoms with Crippen LogP contribution in [-0.2, 0) is 14.3 Å². The SMILES string of the molecule is CC(C(=O)O)C(NC(=O)COCC1CC1)c1ccccc1. The first-order chi connectivity index (χ1) is 10.1. The van der Waals surface area contributed by atoms with Crippen molar-refractivity contribution in [3.05, 3.63) is 35.9 Å². The fourth-order valence-corrected chi connectivity index (χ4v) is 2.12. The molecule has 1 aliphatic rings. The molecule has 1 amide bonds. The number of carbonyl (C=O) groups is 2. The van der Waals surface area contributed by atoms with Crippen LogP contribution in [0.5, 0.6) is 0 Å². The summed E-state index contributed by atoms with van der Waals surface area (Å²) in [6, 6.07) is 8.58. The topological polar surface area (TPSA) is 75.6 Å². The van der Waals surface area contributed by atoms with Gasteiger partial charge >= 0.3 is 5.97 Å². The van der Waals surface area contributed by atoms with E-state index in [-0.39, 0.29) is 12.5 Å². The van der Waals surface area contributed by atoms with Crippen molar-refractivity contribution in [1.82, 2.24) is 5.32 Å². The zero-order valence-electron chi connectivity index (χ0n) is 12.1. The van der Waals surface area contributed by atoms with Crippen LogP contribution in [-0.4, -0.2) is 30.2 Å². The van der Waals surface area contributed by atoms with Crippen LogP contribution in [0.1, 0.15) is 31.4 Å². The molecule has 2 atom stereocenters. The van der Waals surface area contributed by atoms with Gasteiger partial charge in [-0.15, -0.1) is 0 Å². The molecule has 0 radical (unpaired) electrons. The number of benzene rings is 1. The second-order valence-electron chi connectivity index (χ2n) is 5.54. The summed E-state index contributed by atoms with van der Waals surface area (Å²) >= 11 is 0. The molecule has 1 fully saturated rings. The summed E-state index contributed by atoms with van der Waals surface area (Å²) in [5.74, 6) is -1.33. The van der Waals surface area contributed by atoms with Crippen LogP contribution < -0.4 is 5.32 Å². The fraction of sp³-hybridized carbons (Fsp3) is 0.500. The third-order valence-electron chi connectivity index (χ3n) is 3.65. The van der Waals surface area contributed by atoms with E-state index in [9.17, 15) is 14.7 Å². The van der Waals surface area contributed by atoms with Crippen LogP contribution in [0.15, 0.2) is 30.3 Å². The Morgan fingerprint density at radius 3 is 2.57 bits per heavy atom. The van der Waals surface area contributed by atoms with Crippen molar-refractivity contribution in [2.45, 2.75) is 25.8 Å². The Kier molecular flexibility index (Phi) is 5.33. The van der Waals surface area contributed by atoms with Gasteiger partial charge < -0.3 is 15.2 Å². The van der Waals surface area contributed by atoms with Crippen molar-refractivity contribution in [2.75, 3.05) is 13.2 Å². The Bertz CT molecular complexity index is 484. The molecule has 0 spiro atoms. The minimum Gasteiger partial charge on any atom is -0.481 e. The van der Waals surface area contributed by atoms with E-state index in [2.05, 4.69) is 5.32 Å². The summed E-state index contributed by atoms with van der Waals surface area (Å²) < 4.78 is 5.34. The van der Waals surface area contributed by atoms with Crippen LogP contribution >= 0.6 is 0 Å². The summed E-state index contributed by atoms with van der Waals surface area (Å²) in [5, 5.41) is 12.0. The third-order valence-corrected chi connectivity index (χ3v) is 3.65. The highest BCUT2D eigenvalue weighted by Gasteiger charge is 2.27. The van der Waals surface area contributed by atoms with Gasteiger partial charge in [-0.25, -0.2) is 0 Å². The van der Waals surface area contributed by atoms with E-state index in [0.717, 1.165) is 5.56 Å². The highest BCUT2D eigenvalue weighted by Crippen LogP contribution is 2.28.